The Kier molecular flexibility index (Phi) is 6.39. The SMILES string of the molecule is CC1(C)c2ccccc2-c2ccc(N(c3ccc4c(c3)oc3ccccc34)c3ccc4nc(-c5ccc(-c6ccccc6)cc5)sc4c3)cc21. The second-order valence-electron chi connectivity index (χ2n) is 13.6. The molecule has 0 unspecified atom stereocenters. The first-order valence-corrected chi connectivity index (χ1v) is 17.9. The molecule has 0 saturated carbocycles. The maximum atomic E-state index is 6.39. The lowest BCUT2D eigenvalue weighted by Crippen LogP contribution is -2.16. The molecule has 0 N–H and O–H groups in total. The minimum Gasteiger partial charge on any atom is -0.456 e. The monoisotopic (exact) mass is 660 g/mol. The second kappa shape index (κ2) is 11.0. The van der Waals surface area contributed by atoms with Crippen molar-refractivity contribution in [1.29, 1.82) is 0 Å². The lowest BCUT2D eigenvalue weighted by Gasteiger charge is -2.28. The molecule has 10 rings (SSSR count). The molecule has 0 aliphatic heterocycles. The summed E-state index contributed by atoms with van der Waals surface area (Å²) in [5.41, 5.74) is 14.8. The van der Waals surface area contributed by atoms with Crippen molar-refractivity contribution < 1.29 is 4.42 Å². The number of hydrogen-bond donors (Lipinski definition) is 0. The molecule has 2 aromatic heterocycles. The summed E-state index contributed by atoms with van der Waals surface area (Å²) in [5, 5.41) is 3.27. The van der Waals surface area contributed by atoms with E-state index in [0.717, 1.165) is 59.8 Å². The van der Waals surface area contributed by atoms with Gasteiger partial charge in [0.25, 0.3) is 0 Å². The van der Waals surface area contributed by atoms with Gasteiger partial charge in [-0.15, -0.1) is 11.3 Å². The van der Waals surface area contributed by atoms with E-state index in [-0.39, 0.29) is 5.41 Å². The van der Waals surface area contributed by atoms with Crippen LogP contribution < -0.4 is 4.90 Å². The summed E-state index contributed by atoms with van der Waals surface area (Å²) in [4.78, 5) is 7.43. The number of benzene rings is 7. The lowest BCUT2D eigenvalue weighted by atomic mass is 9.82. The lowest BCUT2D eigenvalue weighted by molar-refractivity contribution is 0.660. The Balaban J connectivity index is 1.10. The molecule has 1 aliphatic carbocycles. The molecule has 7 aromatic carbocycles. The minimum atomic E-state index is -0.108. The Hall–Kier alpha value is -5.97. The number of thiazole rings is 1. The van der Waals surface area contributed by atoms with Crippen molar-refractivity contribution in [3.63, 3.8) is 0 Å². The average molecular weight is 661 g/mol. The van der Waals surface area contributed by atoms with E-state index in [1.807, 2.05) is 12.1 Å². The molecule has 1 aliphatic rings. The van der Waals surface area contributed by atoms with E-state index in [4.69, 9.17) is 9.40 Å². The molecular weight excluding hydrogens is 629 g/mol. The van der Waals surface area contributed by atoms with Crippen LogP contribution in [0.3, 0.4) is 0 Å². The Morgan fingerprint density at radius 1 is 0.520 bits per heavy atom. The number of para-hydroxylation sites is 1. The molecule has 238 valence electrons. The van der Waals surface area contributed by atoms with Gasteiger partial charge in [0.1, 0.15) is 16.2 Å². The van der Waals surface area contributed by atoms with Gasteiger partial charge in [-0.2, -0.15) is 0 Å². The van der Waals surface area contributed by atoms with Crippen LogP contribution in [-0.4, -0.2) is 4.98 Å². The smallest absolute Gasteiger partial charge is 0.137 e. The van der Waals surface area contributed by atoms with Gasteiger partial charge in [-0.1, -0.05) is 117 Å². The highest BCUT2D eigenvalue weighted by molar-refractivity contribution is 7.21. The standard InChI is InChI=1S/C46H32N2OS/c1-46(2)39-14-8-6-12-35(39)36-23-20-32(26-40(36)46)48(33-21-24-38-37-13-7-9-15-42(37)49-43(38)27-33)34-22-25-41-44(28-34)50-45(47-41)31-18-16-30(17-19-31)29-10-4-3-5-11-29/h3-28H,1-2H3. The molecule has 0 amide bonds. The van der Waals surface area contributed by atoms with Gasteiger partial charge < -0.3 is 9.32 Å². The van der Waals surface area contributed by atoms with Crippen LogP contribution in [0.5, 0.6) is 0 Å². The van der Waals surface area contributed by atoms with Crippen molar-refractivity contribution in [2.24, 2.45) is 0 Å². The molecule has 4 heteroatoms. The van der Waals surface area contributed by atoms with Crippen LogP contribution in [0.2, 0.25) is 0 Å². The molecule has 0 atom stereocenters. The summed E-state index contributed by atoms with van der Waals surface area (Å²) in [7, 11) is 0. The molecule has 50 heavy (non-hydrogen) atoms. The fourth-order valence-electron chi connectivity index (χ4n) is 7.74. The summed E-state index contributed by atoms with van der Waals surface area (Å²) >= 11 is 1.73. The van der Waals surface area contributed by atoms with E-state index in [2.05, 4.69) is 164 Å². The van der Waals surface area contributed by atoms with Crippen LogP contribution in [0.4, 0.5) is 17.1 Å². The number of fused-ring (bicyclic) bond motifs is 7. The zero-order chi connectivity index (χ0) is 33.4. The molecule has 0 radical (unpaired) electrons. The number of nitrogens with zero attached hydrogens (tertiary/aromatic N) is 2. The molecular formula is C46H32N2OS. The first-order valence-electron chi connectivity index (χ1n) is 17.0. The first kappa shape index (κ1) is 29.0. The molecule has 2 heterocycles. The largest absolute Gasteiger partial charge is 0.456 e. The fourth-order valence-corrected chi connectivity index (χ4v) is 8.75. The zero-order valence-electron chi connectivity index (χ0n) is 27.7. The third-order valence-electron chi connectivity index (χ3n) is 10.3. The predicted molar refractivity (Wildman–Crippen MR) is 210 cm³/mol. The number of rotatable bonds is 5. The van der Waals surface area contributed by atoms with Crippen molar-refractivity contribution in [2.75, 3.05) is 4.90 Å². The molecule has 0 saturated heterocycles. The van der Waals surface area contributed by atoms with E-state index in [0.29, 0.717) is 0 Å². The Bertz CT molecular complexity index is 2740. The van der Waals surface area contributed by atoms with E-state index in [9.17, 15) is 0 Å². The number of furan rings is 1. The van der Waals surface area contributed by atoms with E-state index in [1.54, 1.807) is 11.3 Å². The Morgan fingerprint density at radius 3 is 2.04 bits per heavy atom. The third kappa shape index (κ3) is 4.53. The van der Waals surface area contributed by atoms with Crippen molar-refractivity contribution >= 4 is 60.6 Å². The van der Waals surface area contributed by atoms with Crippen molar-refractivity contribution in [3.8, 4) is 32.8 Å². The van der Waals surface area contributed by atoms with Gasteiger partial charge in [-0.25, -0.2) is 4.98 Å². The number of anilines is 3. The van der Waals surface area contributed by atoms with Gasteiger partial charge in [0.05, 0.1) is 10.2 Å². The Morgan fingerprint density at radius 2 is 1.16 bits per heavy atom. The van der Waals surface area contributed by atoms with E-state index >= 15 is 0 Å². The highest BCUT2D eigenvalue weighted by Crippen LogP contribution is 2.51. The zero-order valence-corrected chi connectivity index (χ0v) is 28.5. The molecule has 0 bridgehead atoms. The summed E-state index contributed by atoms with van der Waals surface area (Å²) in [6, 6.07) is 56.5. The quantitative estimate of drug-likeness (QED) is 0.184. The van der Waals surface area contributed by atoms with Crippen LogP contribution in [0, 0.1) is 0 Å². The average Bonchev–Trinajstić information content (AvgIpc) is 3.82. The molecule has 0 spiro atoms. The maximum Gasteiger partial charge on any atom is 0.137 e. The van der Waals surface area contributed by atoms with Gasteiger partial charge in [-0.05, 0) is 81.9 Å². The topological polar surface area (TPSA) is 29.3 Å². The summed E-state index contributed by atoms with van der Waals surface area (Å²) in [5.74, 6) is 0. The van der Waals surface area contributed by atoms with Crippen LogP contribution in [-0.2, 0) is 5.41 Å². The third-order valence-corrected chi connectivity index (χ3v) is 11.4. The van der Waals surface area contributed by atoms with Gasteiger partial charge in [0, 0.05) is 44.9 Å². The van der Waals surface area contributed by atoms with E-state index < -0.39 is 0 Å². The minimum absolute atomic E-state index is 0.108. The van der Waals surface area contributed by atoms with Crippen molar-refractivity contribution in [3.05, 3.63) is 169 Å². The van der Waals surface area contributed by atoms with E-state index in [1.165, 1.54) is 33.4 Å². The van der Waals surface area contributed by atoms with Gasteiger partial charge in [0.2, 0.25) is 0 Å². The highest BCUT2D eigenvalue weighted by atomic mass is 32.1. The fraction of sp³-hybridized carbons (Fsp3) is 0.0652. The normalized spacial score (nSPS) is 13.2. The molecule has 3 nitrogen and oxygen atoms in total. The predicted octanol–water partition coefficient (Wildman–Crippen LogP) is 13.3. The van der Waals surface area contributed by atoms with Gasteiger partial charge >= 0.3 is 0 Å². The number of aromatic nitrogens is 1. The van der Waals surface area contributed by atoms with Crippen LogP contribution in [0.1, 0.15) is 25.0 Å². The van der Waals surface area contributed by atoms with Crippen LogP contribution in [0.25, 0.3) is 65.0 Å². The summed E-state index contributed by atoms with van der Waals surface area (Å²) in [6.07, 6.45) is 0. The second-order valence-corrected chi connectivity index (χ2v) is 14.7. The van der Waals surface area contributed by atoms with Crippen LogP contribution >= 0.6 is 11.3 Å². The van der Waals surface area contributed by atoms with Crippen molar-refractivity contribution in [2.45, 2.75) is 19.3 Å². The van der Waals surface area contributed by atoms with Gasteiger partial charge in [0.15, 0.2) is 0 Å². The van der Waals surface area contributed by atoms with Gasteiger partial charge in [-0.3, -0.25) is 0 Å². The molecule has 0 fully saturated rings. The molecule has 9 aromatic rings. The van der Waals surface area contributed by atoms with Crippen LogP contribution in [0.15, 0.2) is 162 Å². The summed E-state index contributed by atoms with van der Waals surface area (Å²) < 4.78 is 7.54. The number of hydrogen-bond acceptors (Lipinski definition) is 4. The first-order chi connectivity index (χ1) is 24.5. The highest BCUT2D eigenvalue weighted by Gasteiger charge is 2.35. The Labute approximate surface area is 294 Å². The van der Waals surface area contributed by atoms with Crippen molar-refractivity contribution in [1.82, 2.24) is 4.98 Å². The summed E-state index contributed by atoms with van der Waals surface area (Å²) in [6.45, 7) is 4.67. The maximum absolute atomic E-state index is 6.39.